The Morgan fingerprint density at radius 2 is 0.528 bits per heavy atom. The quantitative estimate of drug-likeness (QED) is 0.111. The van der Waals surface area contributed by atoms with Gasteiger partial charge in [0.2, 0.25) is 0 Å². The highest BCUT2D eigenvalue weighted by Gasteiger charge is 2.51. The molecular formula is C98H74BBrN6O2. The van der Waals surface area contributed by atoms with Crippen LogP contribution in [-0.4, -0.2) is 38.3 Å². The molecule has 518 valence electrons. The third kappa shape index (κ3) is 15.0. The van der Waals surface area contributed by atoms with Crippen LogP contribution in [0.4, 0.5) is 0 Å². The normalized spacial score (nSPS) is 12.6. The van der Waals surface area contributed by atoms with Gasteiger partial charge in [0, 0.05) is 49.0 Å². The summed E-state index contributed by atoms with van der Waals surface area (Å²) in [5.41, 5.74) is 25.3. The molecule has 0 bridgehead atoms. The van der Waals surface area contributed by atoms with E-state index < -0.39 is 0 Å². The van der Waals surface area contributed by atoms with Gasteiger partial charge in [-0.05, 0) is 155 Å². The molecule has 1 aliphatic rings. The van der Waals surface area contributed by atoms with Crippen molar-refractivity contribution in [2.45, 2.75) is 52.7 Å². The highest BCUT2D eigenvalue weighted by atomic mass is 79.9. The van der Waals surface area contributed by atoms with Gasteiger partial charge in [-0.3, -0.25) is 0 Å². The number of hydrogen-bond acceptors (Lipinski definition) is 8. The van der Waals surface area contributed by atoms with Crippen molar-refractivity contribution < 1.29 is 9.31 Å². The van der Waals surface area contributed by atoms with Crippen LogP contribution < -0.4 is 5.46 Å². The molecule has 0 N–H and O–H groups in total. The second-order valence-corrected chi connectivity index (χ2v) is 28.7. The lowest BCUT2D eigenvalue weighted by atomic mass is 9.78. The van der Waals surface area contributed by atoms with Crippen molar-refractivity contribution in [2.75, 3.05) is 0 Å². The average Bonchev–Trinajstić information content (AvgIpc) is 1.54. The van der Waals surface area contributed by atoms with Crippen LogP contribution in [0.3, 0.4) is 0 Å². The number of hydrogen-bond donors (Lipinski definition) is 0. The van der Waals surface area contributed by atoms with Gasteiger partial charge in [-0.1, -0.05) is 325 Å². The molecule has 8 nitrogen and oxygen atoms in total. The molecule has 0 spiro atoms. The molecule has 10 heteroatoms. The van der Waals surface area contributed by atoms with E-state index in [4.69, 9.17) is 39.8 Å². The summed E-state index contributed by atoms with van der Waals surface area (Å²) in [6, 6.07) is 121. The Bertz CT molecular complexity index is 5980. The Hall–Kier alpha value is -12.8. The number of nitriles is 2. The minimum absolute atomic E-state index is 0.366. The van der Waals surface area contributed by atoms with Gasteiger partial charge in [0.15, 0.2) is 11.6 Å². The number of nitrogens with zero attached hydrogens (tertiary/aromatic N) is 6. The molecule has 1 aliphatic heterocycles. The van der Waals surface area contributed by atoms with E-state index >= 15 is 0 Å². The third-order valence-electron chi connectivity index (χ3n) is 20.5. The molecule has 0 amide bonds. The Balaban J connectivity index is 0.000000137. The second-order valence-electron chi connectivity index (χ2n) is 27.9. The van der Waals surface area contributed by atoms with Crippen LogP contribution in [0, 0.1) is 36.5 Å². The minimum atomic E-state index is -0.384. The zero-order valence-corrected chi connectivity index (χ0v) is 62.4. The maximum absolute atomic E-state index is 9.15. The zero-order chi connectivity index (χ0) is 74.3. The first kappa shape index (κ1) is 70.8. The van der Waals surface area contributed by atoms with E-state index in [2.05, 4.69) is 288 Å². The molecule has 14 aromatic carbocycles. The average molecular weight is 1460 g/mol. The first-order chi connectivity index (χ1) is 52.7. The Kier molecular flexibility index (Phi) is 20.4. The van der Waals surface area contributed by atoms with Crippen molar-refractivity contribution in [1.29, 1.82) is 10.5 Å². The number of rotatable bonds is 12. The third-order valence-corrected chi connectivity index (χ3v) is 21.2. The summed E-state index contributed by atoms with van der Waals surface area (Å²) >= 11 is 3.63. The summed E-state index contributed by atoms with van der Waals surface area (Å²) < 4.78 is 13.6. The molecule has 17 rings (SSSR count). The van der Waals surface area contributed by atoms with Crippen LogP contribution in [-0.2, 0) is 9.31 Å². The number of aromatic nitrogens is 4. The topological polar surface area (TPSA) is 118 Å². The van der Waals surface area contributed by atoms with Gasteiger partial charge in [0.05, 0.1) is 57.2 Å². The summed E-state index contributed by atoms with van der Waals surface area (Å²) in [4.78, 5) is 20.1. The molecule has 2 aromatic heterocycles. The molecule has 1 fully saturated rings. The van der Waals surface area contributed by atoms with E-state index in [0.717, 1.165) is 122 Å². The molecule has 3 heterocycles. The number of halogens is 1. The van der Waals surface area contributed by atoms with E-state index in [0.29, 0.717) is 11.1 Å². The van der Waals surface area contributed by atoms with E-state index in [9.17, 15) is 0 Å². The smallest absolute Gasteiger partial charge is 0.399 e. The fourth-order valence-corrected chi connectivity index (χ4v) is 14.3. The Morgan fingerprint density at radius 3 is 0.861 bits per heavy atom. The Morgan fingerprint density at radius 1 is 0.278 bits per heavy atom. The van der Waals surface area contributed by atoms with Crippen LogP contribution in [0.1, 0.15) is 49.9 Å². The number of benzene rings is 14. The molecule has 0 radical (unpaired) electrons. The molecule has 0 aliphatic carbocycles. The molecule has 0 unspecified atom stereocenters. The van der Waals surface area contributed by atoms with Crippen LogP contribution in [0.15, 0.2) is 344 Å². The maximum Gasteiger partial charge on any atom is 0.494 e. The lowest BCUT2D eigenvalue weighted by Crippen LogP contribution is -2.41. The zero-order valence-electron chi connectivity index (χ0n) is 60.8. The van der Waals surface area contributed by atoms with Crippen LogP contribution >= 0.6 is 15.9 Å². The maximum atomic E-state index is 9.15. The van der Waals surface area contributed by atoms with Crippen molar-refractivity contribution in [3.8, 4) is 136 Å². The van der Waals surface area contributed by atoms with E-state index in [1.807, 2.05) is 121 Å². The van der Waals surface area contributed by atoms with Gasteiger partial charge < -0.3 is 9.31 Å². The molecule has 0 atom stereocenters. The monoisotopic (exact) mass is 1460 g/mol. The van der Waals surface area contributed by atoms with Crippen LogP contribution in [0.5, 0.6) is 0 Å². The van der Waals surface area contributed by atoms with E-state index in [1.54, 1.807) is 0 Å². The van der Waals surface area contributed by atoms with Crippen molar-refractivity contribution in [1.82, 2.24) is 19.9 Å². The Labute approximate surface area is 640 Å². The molecule has 1 saturated heterocycles. The highest BCUT2D eigenvalue weighted by molar-refractivity contribution is 9.10. The van der Waals surface area contributed by atoms with Crippen molar-refractivity contribution >= 4 is 50.1 Å². The van der Waals surface area contributed by atoms with Crippen LogP contribution in [0.25, 0.3) is 145 Å². The molecule has 108 heavy (non-hydrogen) atoms. The summed E-state index contributed by atoms with van der Waals surface area (Å²) in [6.07, 6.45) is 0. The largest absolute Gasteiger partial charge is 0.494 e. The standard InChI is InChI=1S/C46H31N3.C29H29BN2O2.C23H14BrN/c1-31-44(37-10-4-2-5-11-37)48-46(39-12-6-3-7-13-39)49-45(31)38-26-24-36(25-27-38)41-29-28-40(42-14-8-9-15-43(41)42)35-22-20-34(21-23-35)33-18-16-32(30-47)17-19-33;1-20-25(21-12-8-6-9-13-21)31-27(23-14-10-7-11-15-23)32-26(20)22-16-18-24(19-17-22)30-33-28(2,3)29(4,5)34-30;24-23-14-13-20(21-3-1-2-4-22(21)23)19-11-9-18(10-12-19)17-7-5-16(15-25)6-8-17/h2-29H,1H3;6-19H,1-5H3;1-14H. The lowest BCUT2D eigenvalue weighted by Gasteiger charge is -2.32. The SMILES string of the molecule is Cc1c(-c2ccccc2)nc(-c2ccccc2)nc1-c1ccc(-c2ccc(-c3ccc(-c4ccc(C#N)cc4)cc3)c3ccccc23)cc1.Cc1c(-c2ccccc2)nc(-c2ccccc2)nc1-c1ccc(B2OC(C)(C)C(C)(C)O2)cc1.N#Cc1ccc(-c2ccc(-c3ccc(Br)c4ccccc34)cc2)cc1. The molecular weight excluding hydrogens is 1380 g/mol. The second kappa shape index (κ2) is 31.1. The van der Waals surface area contributed by atoms with Crippen molar-refractivity contribution in [3.05, 3.63) is 366 Å². The minimum Gasteiger partial charge on any atom is -0.399 e. The van der Waals surface area contributed by atoms with Crippen molar-refractivity contribution in [2.24, 2.45) is 0 Å². The lowest BCUT2D eigenvalue weighted by molar-refractivity contribution is 0.00578. The first-order valence-electron chi connectivity index (χ1n) is 36.1. The van der Waals surface area contributed by atoms with Crippen molar-refractivity contribution in [3.63, 3.8) is 0 Å². The number of fused-ring (bicyclic) bond motifs is 2. The van der Waals surface area contributed by atoms with E-state index in [-0.39, 0.29) is 18.3 Å². The van der Waals surface area contributed by atoms with Crippen LogP contribution in [0.2, 0.25) is 0 Å². The van der Waals surface area contributed by atoms with Gasteiger partial charge in [-0.15, -0.1) is 0 Å². The predicted molar refractivity (Wildman–Crippen MR) is 448 cm³/mol. The summed E-state index contributed by atoms with van der Waals surface area (Å²) in [7, 11) is -0.384. The first-order valence-corrected chi connectivity index (χ1v) is 36.9. The van der Waals surface area contributed by atoms with Gasteiger partial charge in [-0.2, -0.15) is 10.5 Å². The predicted octanol–water partition coefficient (Wildman–Crippen LogP) is 24.7. The molecule has 0 saturated carbocycles. The fraction of sp³-hybridized carbons (Fsp3) is 0.0816. The van der Waals surface area contributed by atoms with E-state index in [1.165, 1.54) is 43.8 Å². The fourth-order valence-electron chi connectivity index (χ4n) is 13.8. The van der Waals surface area contributed by atoms with Gasteiger partial charge in [0.1, 0.15) is 0 Å². The highest BCUT2D eigenvalue weighted by Crippen LogP contribution is 2.42. The van der Waals surface area contributed by atoms with Gasteiger partial charge >= 0.3 is 7.12 Å². The van der Waals surface area contributed by atoms with Gasteiger partial charge in [0.25, 0.3) is 0 Å². The molecule has 16 aromatic rings. The summed E-state index contributed by atoms with van der Waals surface area (Å²) in [5.74, 6) is 1.44. The summed E-state index contributed by atoms with van der Waals surface area (Å²) in [6.45, 7) is 12.5. The summed E-state index contributed by atoms with van der Waals surface area (Å²) in [5, 5.41) is 22.9. The van der Waals surface area contributed by atoms with Gasteiger partial charge in [-0.25, -0.2) is 19.9 Å².